The molecule has 0 spiro atoms. The molecular weight excluding hydrogens is 264 g/mol. The van der Waals surface area contributed by atoms with Crippen LogP contribution in [-0.2, 0) is 0 Å². The standard InChI is InChI=1S/C14H19ClN2O2/c1-8-4-5-17(7-11(8)18)14(19)12-9(2)6-10(3)16-13(12)15/h6,8,11,18H,4-5,7H2,1-3H3. The molecule has 1 aliphatic heterocycles. The second-order valence-corrected chi connectivity index (χ2v) is 5.69. The first-order chi connectivity index (χ1) is 8.90. The summed E-state index contributed by atoms with van der Waals surface area (Å²) in [5.74, 6) is 0.0951. The molecule has 1 saturated heterocycles. The van der Waals surface area contributed by atoms with Crippen molar-refractivity contribution in [3.05, 3.63) is 28.0 Å². The van der Waals surface area contributed by atoms with Crippen molar-refractivity contribution < 1.29 is 9.90 Å². The van der Waals surface area contributed by atoms with Crippen molar-refractivity contribution >= 4 is 17.5 Å². The number of aliphatic hydroxyl groups excluding tert-OH is 1. The number of hydrogen-bond acceptors (Lipinski definition) is 3. The van der Waals surface area contributed by atoms with E-state index in [1.807, 2.05) is 26.8 Å². The van der Waals surface area contributed by atoms with Gasteiger partial charge in [-0.2, -0.15) is 0 Å². The van der Waals surface area contributed by atoms with Gasteiger partial charge >= 0.3 is 0 Å². The minimum atomic E-state index is -0.463. The molecule has 2 heterocycles. The molecule has 0 bridgehead atoms. The third kappa shape index (κ3) is 2.90. The molecule has 2 unspecified atom stereocenters. The maximum Gasteiger partial charge on any atom is 0.257 e. The van der Waals surface area contributed by atoms with Crippen LogP contribution < -0.4 is 0 Å². The summed E-state index contributed by atoms with van der Waals surface area (Å²) < 4.78 is 0. The molecule has 1 aromatic rings. The summed E-state index contributed by atoms with van der Waals surface area (Å²) in [7, 11) is 0. The molecule has 1 amide bonds. The molecule has 0 aliphatic carbocycles. The number of piperidine rings is 1. The van der Waals surface area contributed by atoms with Crippen LogP contribution in [0.4, 0.5) is 0 Å². The van der Waals surface area contributed by atoms with Crippen molar-refractivity contribution in [2.24, 2.45) is 5.92 Å². The van der Waals surface area contributed by atoms with Crippen LogP contribution in [0.1, 0.15) is 35.0 Å². The Labute approximate surface area is 118 Å². The lowest BCUT2D eigenvalue weighted by molar-refractivity contribution is 0.0248. The highest BCUT2D eigenvalue weighted by Gasteiger charge is 2.29. The number of carbonyl (C=O) groups is 1. The number of likely N-dealkylation sites (tertiary alicyclic amines) is 1. The van der Waals surface area contributed by atoms with Crippen LogP contribution in [0.5, 0.6) is 0 Å². The van der Waals surface area contributed by atoms with Gasteiger partial charge in [-0.05, 0) is 37.8 Å². The lowest BCUT2D eigenvalue weighted by Crippen LogP contribution is -2.46. The van der Waals surface area contributed by atoms with Gasteiger partial charge in [-0.3, -0.25) is 4.79 Å². The number of aromatic nitrogens is 1. The Bertz CT molecular complexity index is 481. The number of rotatable bonds is 1. The van der Waals surface area contributed by atoms with E-state index in [4.69, 9.17) is 11.6 Å². The van der Waals surface area contributed by atoms with Gasteiger partial charge in [-0.25, -0.2) is 4.98 Å². The maximum atomic E-state index is 12.5. The summed E-state index contributed by atoms with van der Waals surface area (Å²) >= 11 is 6.09. The Hall–Kier alpha value is -1.13. The van der Waals surface area contributed by atoms with E-state index in [2.05, 4.69) is 4.98 Å². The lowest BCUT2D eigenvalue weighted by Gasteiger charge is -2.34. The van der Waals surface area contributed by atoms with E-state index in [0.29, 0.717) is 18.7 Å². The number of carbonyl (C=O) groups excluding carboxylic acids is 1. The predicted molar refractivity (Wildman–Crippen MR) is 74.4 cm³/mol. The van der Waals surface area contributed by atoms with Gasteiger partial charge in [-0.15, -0.1) is 0 Å². The Kier molecular flexibility index (Phi) is 4.11. The third-order valence-electron chi connectivity index (χ3n) is 3.72. The molecule has 0 saturated carbocycles. The molecule has 1 aromatic heterocycles. The molecule has 0 aromatic carbocycles. The summed E-state index contributed by atoms with van der Waals surface area (Å²) in [4.78, 5) is 18.3. The van der Waals surface area contributed by atoms with Gasteiger partial charge in [0.15, 0.2) is 0 Å². The van der Waals surface area contributed by atoms with Crippen LogP contribution in [0.3, 0.4) is 0 Å². The van der Waals surface area contributed by atoms with Crippen LogP contribution in [0, 0.1) is 19.8 Å². The number of halogens is 1. The quantitative estimate of drug-likeness (QED) is 0.804. The first kappa shape index (κ1) is 14.3. The second kappa shape index (κ2) is 5.47. The summed E-state index contributed by atoms with van der Waals surface area (Å²) in [6.07, 6.45) is 0.346. The van der Waals surface area contributed by atoms with Crippen LogP contribution in [0.25, 0.3) is 0 Å². The smallest absolute Gasteiger partial charge is 0.257 e. The van der Waals surface area contributed by atoms with Gasteiger partial charge in [0.1, 0.15) is 5.15 Å². The number of nitrogens with zero attached hydrogens (tertiary/aromatic N) is 2. The largest absolute Gasteiger partial charge is 0.391 e. The molecule has 1 fully saturated rings. The summed E-state index contributed by atoms with van der Waals surface area (Å²) in [5.41, 5.74) is 2.08. The zero-order valence-electron chi connectivity index (χ0n) is 11.5. The van der Waals surface area contributed by atoms with E-state index in [0.717, 1.165) is 17.7 Å². The van der Waals surface area contributed by atoms with Gasteiger partial charge in [0.2, 0.25) is 0 Å². The van der Waals surface area contributed by atoms with Crippen molar-refractivity contribution in [2.45, 2.75) is 33.3 Å². The molecular formula is C14H19ClN2O2. The number of aliphatic hydroxyl groups is 1. The van der Waals surface area contributed by atoms with E-state index < -0.39 is 6.10 Å². The molecule has 0 radical (unpaired) electrons. The number of amides is 1. The maximum absolute atomic E-state index is 12.5. The van der Waals surface area contributed by atoms with E-state index >= 15 is 0 Å². The van der Waals surface area contributed by atoms with Gasteiger partial charge in [0.25, 0.3) is 5.91 Å². The Morgan fingerprint density at radius 3 is 2.79 bits per heavy atom. The van der Waals surface area contributed by atoms with Gasteiger partial charge < -0.3 is 10.0 Å². The predicted octanol–water partition coefficient (Wildman–Crippen LogP) is 2.19. The zero-order chi connectivity index (χ0) is 14.2. The van der Waals surface area contributed by atoms with Crippen molar-refractivity contribution in [3.63, 3.8) is 0 Å². The summed E-state index contributed by atoms with van der Waals surface area (Å²) in [6.45, 7) is 6.72. The molecule has 19 heavy (non-hydrogen) atoms. The molecule has 104 valence electrons. The first-order valence-electron chi connectivity index (χ1n) is 6.51. The average Bonchev–Trinajstić information content (AvgIpc) is 2.31. The molecule has 1 aliphatic rings. The number of hydrogen-bond donors (Lipinski definition) is 1. The average molecular weight is 283 g/mol. The highest BCUT2D eigenvalue weighted by atomic mass is 35.5. The normalized spacial score (nSPS) is 23.5. The Morgan fingerprint density at radius 2 is 2.21 bits per heavy atom. The minimum Gasteiger partial charge on any atom is -0.391 e. The fraction of sp³-hybridized carbons (Fsp3) is 0.571. The van der Waals surface area contributed by atoms with Crippen LogP contribution in [0.15, 0.2) is 6.07 Å². The van der Waals surface area contributed by atoms with Gasteiger partial charge in [0.05, 0.1) is 11.7 Å². The monoisotopic (exact) mass is 282 g/mol. The van der Waals surface area contributed by atoms with E-state index in [-0.39, 0.29) is 17.0 Å². The fourth-order valence-electron chi connectivity index (χ4n) is 2.44. The molecule has 2 rings (SSSR count). The highest BCUT2D eigenvalue weighted by Crippen LogP contribution is 2.24. The fourth-order valence-corrected chi connectivity index (χ4v) is 2.80. The van der Waals surface area contributed by atoms with E-state index in [9.17, 15) is 9.90 Å². The molecule has 5 heteroatoms. The van der Waals surface area contributed by atoms with Crippen LogP contribution in [-0.4, -0.2) is 40.1 Å². The van der Waals surface area contributed by atoms with Crippen LogP contribution in [0.2, 0.25) is 5.15 Å². The van der Waals surface area contributed by atoms with Crippen molar-refractivity contribution in [2.75, 3.05) is 13.1 Å². The zero-order valence-corrected chi connectivity index (χ0v) is 12.2. The van der Waals surface area contributed by atoms with Crippen LogP contribution >= 0.6 is 11.6 Å². The SMILES string of the molecule is Cc1cc(C)c(C(=O)N2CCC(C)C(O)C2)c(Cl)n1. The minimum absolute atomic E-state index is 0.138. The number of β-amino-alcohol motifs (C(OH)–C–C–N with tert-alkyl or cyclic N) is 1. The molecule has 1 N–H and O–H groups in total. The molecule has 2 atom stereocenters. The van der Waals surface area contributed by atoms with Crippen molar-refractivity contribution in [1.82, 2.24) is 9.88 Å². The number of aryl methyl sites for hydroxylation is 2. The summed E-state index contributed by atoms with van der Waals surface area (Å²) in [5, 5.41) is 10.1. The topological polar surface area (TPSA) is 53.4 Å². The van der Waals surface area contributed by atoms with E-state index in [1.165, 1.54) is 0 Å². The summed E-state index contributed by atoms with van der Waals surface area (Å²) in [6, 6.07) is 1.85. The third-order valence-corrected chi connectivity index (χ3v) is 3.99. The van der Waals surface area contributed by atoms with Crippen molar-refractivity contribution in [3.8, 4) is 0 Å². The van der Waals surface area contributed by atoms with Crippen molar-refractivity contribution in [1.29, 1.82) is 0 Å². The molecule has 4 nitrogen and oxygen atoms in total. The lowest BCUT2D eigenvalue weighted by atomic mass is 9.95. The Balaban J connectivity index is 2.25. The number of pyridine rings is 1. The van der Waals surface area contributed by atoms with Gasteiger partial charge in [-0.1, -0.05) is 18.5 Å². The Morgan fingerprint density at radius 1 is 1.53 bits per heavy atom. The first-order valence-corrected chi connectivity index (χ1v) is 6.89. The van der Waals surface area contributed by atoms with Gasteiger partial charge in [0, 0.05) is 18.8 Å². The highest BCUT2D eigenvalue weighted by molar-refractivity contribution is 6.32. The second-order valence-electron chi connectivity index (χ2n) is 5.33. The van der Waals surface area contributed by atoms with E-state index in [1.54, 1.807) is 4.90 Å².